The van der Waals surface area contributed by atoms with E-state index in [9.17, 15) is 9.59 Å². The number of amides is 1. The molecule has 0 saturated carbocycles. The Bertz CT molecular complexity index is 694. The molecule has 2 rings (SSSR count). The van der Waals surface area contributed by atoms with Gasteiger partial charge in [-0.3, -0.25) is 4.79 Å². The van der Waals surface area contributed by atoms with Gasteiger partial charge in [0, 0.05) is 18.7 Å². The molecule has 0 aliphatic rings. The highest BCUT2D eigenvalue weighted by atomic mass is 32.1. The fourth-order valence-corrected chi connectivity index (χ4v) is 2.92. The topological polar surface area (TPSA) is 66.8 Å². The largest absolute Gasteiger partial charge is 0.496 e. The summed E-state index contributed by atoms with van der Waals surface area (Å²) in [6, 6.07) is 11.4. The van der Waals surface area contributed by atoms with Crippen molar-refractivity contribution in [1.82, 2.24) is 4.90 Å². The number of carbonyl (C=O) groups excluding carboxylic acids is 1. The van der Waals surface area contributed by atoms with Crippen molar-refractivity contribution in [3.8, 4) is 5.75 Å². The molecular weight excluding hydrogens is 314 g/mol. The van der Waals surface area contributed by atoms with E-state index in [1.807, 2.05) is 41.8 Å². The number of carboxylic acid groups (broad SMARTS) is 1. The maximum absolute atomic E-state index is 12.3. The third-order valence-corrected chi connectivity index (χ3v) is 4.04. The molecule has 6 heteroatoms. The average molecular weight is 331 g/mol. The van der Waals surface area contributed by atoms with Crippen molar-refractivity contribution < 1.29 is 19.4 Å². The highest BCUT2D eigenvalue weighted by molar-refractivity contribution is 7.10. The van der Waals surface area contributed by atoms with Crippen LogP contribution in [0, 0.1) is 0 Å². The number of aliphatic carboxylic acids is 1. The zero-order valence-corrected chi connectivity index (χ0v) is 13.5. The van der Waals surface area contributed by atoms with Crippen LogP contribution in [-0.2, 0) is 22.7 Å². The maximum atomic E-state index is 12.3. The molecule has 0 aliphatic carbocycles. The first kappa shape index (κ1) is 16.8. The Morgan fingerprint density at radius 3 is 2.57 bits per heavy atom. The highest BCUT2D eigenvalue weighted by Gasteiger charge is 2.16. The number of carbonyl (C=O) groups is 2. The summed E-state index contributed by atoms with van der Waals surface area (Å²) >= 11 is 1.50. The second-order valence-electron chi connectivity index (χ2n) is 4.76. The summed E-state index contributed by atoms with van der Waals surface area (Å²) < 4.78 is 5.27. The molecule has 1 heterocycles. The number of thiophene rings is 1. The predicted octanol–water partition coefficient (Wildman–Crippen LogP) is 2.93. The molecule has 0 atom stereocenters. The number of rotatable bonds is 7. The Morgan fingerprint density at radius 1 is 1.17 bits per heavy atom. The van der Waals surface area contributed by atoms with Gasteiger partial charge in [0.25, 0.3) is 0 Å². The lowest BCUT2D eigenvalue weighted by Gasteiger charge is -2.21. The molecule has 0 saturated heterocycles. The van der Waals surface area contributed by atoms with E-state index >= 15 is 0 Å². The Balaban J connectivity index is 2.20. The van der Waals surface area contributed by atoms with Gasteiger partial charge < -0.3 is 14.7 Å². The van der Waals surface area contributed by atoms with E-state index in [1.54, 1.807) is 12.0 Å². The molecule has 0 unspecified atom stereocenters. The molecule has 0 bridgehead atoms. The van der Waals surface area contributed by atoms with Crippen LogP contribution in [0.1, 0.15) is 10.4 Å². The van der Waals surface area contributed by atoms with Gasteiger partial charge in [-0.1, -0.05) is 30.3 Å². The molecule has 0 aliphatic heterocycles. The van der Waals surface area contributed by atoms with E-state index in [2.05, 4.69) is 0 Å². The van der Waals surface area contributed by atoms with Crippen LogP contribution >= 0.6 is 11.3 Å². The summed E-state index contributed by atoms with van der Waals surface area (Å²) in [5, 5.41) is 10.6. The number of hydrogen-bond acceptors (Lipinski definition) is 4. The Labute approximate surface area is 138 Å². The van der Waals surface area contributed by atoms with Crippen molar-refractivity contribution in [2.75, 3.05) is 7.11 Å². The molecule has 1 aromatic heterocycles. The fourth-order valence-electron chi connectivity index (χ4n) is 2.06. The van der Waals surface area contributed by atoms with Crippen LogP contribution in [0.25, 0.3) is 0 Å². The van der Waals surface area contributed by atoms with Crippen LogP contribution in [0.5, 0.6) is 5.75 Å². The van der Waals surface area contributed by atoms with Crippen molar-refractivity contribution in [1.29, 1.82) is 0 Å². The fraction of sp³-hybridized carbons (Fsp3) is 0.176. The van der Waals surface area contributed by atoms with Gasteiger partial charge in [0.05, 0.1) is 18.5 Å². The molecule has 1 aromatic carbocycles. The third kappa shape index (κ3) is 4.96. The summed E-state index contributed by atoms with van der Waals surface area (Å²) in [5.41, 5.74) is 0.972. The molecule has 2 aromatic rings. The number of ether oxygens (including phenoxy) is 1. The van der Waals surface area contributed by atoms with Gasteiger partial charge in [0.1, 0.15) is 5.75 Å². The van der Waals surface area contributed by atoms with Crippen molar-refractivity contribution in [3.63, 3.8) is 0 Å². The minimum Gasteiger partial charge on any atom is -0.496 e. The van der Waals surface area contributed by atoms with Crippen molar-refractivity contribution in [2.24, 2.45) is 0 Å². The molecule has 1 N–H and O–H groups in total. The van der Waals surface area contributed by atoms with Gasteiger partial charge in [-0.05, 0) is 17.0 Å². The molecule has 0 fully saturated rings. The summed E-state index contributed by atoms with van der Waals surface area (Å²) in [5.74, 6) is -0.776. The van der Waals surface area contributed by atoms with Gasteiger partial charge >= 0.3 is 5.97 Å². The first-order chi connectivity index (χ1) is 11.1. The summed E-state index contributed by atoms with van der Waals surface area (Å²) in [6.45, 7) is 0.753. The third-order valence-electron chi connectivity index (χ3n) is 3.16. The van der Waals surface area contributed by atoms with E-state index in [0.717, 1.165) is 28.3 Å². The molecule has 1 amide bonds. The number of methoxy groups -OCH3 is 1. The maximum Gasteiger partial charge on any atom is 0.328 e. The zero-order chi connectivity index (χ0) is 16.7. The lowest BCUT2D eigenvalue weighted by Crippen LogP contribution is -2.28. The smallest absolute Gasteiger partial charge is 0.328 e. The molecular formula is C17H17NO4S. The van der Waals surface area contributed by atoms with E-state index in [-0.39, 0.29) is 5.91 Å². The number of benzene rings is 1. The van der Waals surface area contributed by atoms with Crippen molar-refractivity contribution in [2.45, 2.75) is 13.1 Å². The quantitative estimate of drug-likeness (QED) is 0.792. The standard InChI is InChI=1S/C17H17NO4S/c1-22-14-9-10-23-15(14)12-18(16(19)7-8-17(20)21)11-13-5-3-2-4-6-13/h2-10H,11-12H2,1H3,(H,20,21). The van der Waals surface area contributed by atoms with E-state index in [0.29, 0.717) is 13.1 Å². The second kappa shape index (κ2) is 8.14. The predicted molar refractivity (Wildman–Crippen MR) is 88.3 cm³/mol. The SMILES string of the molecule is COc1ccsc1CN(Cc1ccccc1)C(=O)C=CC(=O)O. The minimum absolute atomic E-state index is 0.355. The van der Waals surface area contributed by atoms with Crippen molar-refractivity contribution in [3.05, 3.63) is 64.4 Å². The molecule has 23 heavy (non-hydrogen) atoms. The Kier molecular flexibility index (Phi) is 5.94. The van der Waals surface area contributed by atoms with Gasteiger partial charge in [-0.2, -0.15) is 0 Å². The van der Waals surface area contributed by atoms with E-state index in [4.69, 9.17) is 9.84 Å². The number of hydrogen-bond donors (Lipinski definition) is 1. The lowest BCUT2D eigenvalue weighted by atomic mass is 10.2. The highest BCUT2D eigenvalue weighted by Crippen LogP contribution is 2.26. The average Bonchev–Trinajstić information content (AvgIpc) is 3.00. The zero-order valence-electron chi connectivity index (χ0n) is 12.6. The number of nitrogens with zero attached hydrogens (tertiary/aromatic N) is 1. The summed E-state index contributed by atoms with van der Waals surface area (Å²) in [4.78, 5) is 25.4. The Morgan fingerprint density at radius 2 is 1.91 bits per heavy atom. The molecule has 0 spiro atoms. The van der Waals surface area contributed by atoms with Crippen LogP contribution in [0.4, 0.5) is 0 Å². The normalized spacial score (nSPS) is 10.7. The molecule has 120 valence electrons. The summed E-state index contributed by atoms with van der Waals surface area (Å²) in [7, 11) is 1.58. The van der Waals surface area contributed by atoms with Gasteiger partial charge in [0.2, 0.25) is 5.91 Å². The van der Waals surface area contributed by atoms with E-state index < -0.39 is 5.97 Å². The van der Waals surface area contributed by atoms with Crippen LogP contribution in [0.2, 0.25) is 0 Å². The minimum atomic E-state index is -1.15. The van der Waals surface area contributed by atoms with Crippen LogP contribution in [-0.4, -0.2) is 29.0 Å². The first-order valence-corrected chi connectivity index (χ1v) is 7.82. The molecule has 0 radical (unpaired) electrons. The van der Waals surface area contributed by atoms with Crippen molar-refractivity contribution >= 4 is 23.2 Å². The lowest BCUT2D eigenvalue weighted by molar-refractivity contribution is -0.132. The van der Waals surface area contributed by atoms with Crippen LogP contribution in [0.3, 0.4) is 0 Å². The first-order valence-electron chi connectivity index (χ1n) is 6.94. The monoisotopic (exact) mass is 331 g/mol. The van der Waals surface area contributed by atoms with Gasteiger partial charge in [-0.25, -0.2) is 4.79 Å². The Hall–Kier alpha value is -2.60. The van der Waals surface area contributed by atoms with Crippen LogP contribution in [0.15, 0.2) is 53.9 Å². The van der Waals surface area contributed by atoms with Gasteiger partial charge in [-0.15, -0.1) is 11.3 Å². The van der Waals surface area contributed by atoms with Crippen LogP contribution < -0.4 is 4.74 Å². The van der Waals surface area contributed by atoms with Gasteiger partial charge in [0.15, 0.2) is 0 Å². The summed E-state index contributed by atoms with van der Waals surface area (Å²) in [6.07, 6.45) is 1.93. The number of carboxylic acids is 1. The van der Waals surface area contributed by atoms with E-state index in [1.165, 1.54) is 11.3 Å². The second-order valence-corrected chi connectivity index (χ2v) is 5.76. The molecule has 5 nitrogen and oxygen atoms in total.